The van der Waals surface area contributed by atoms with E-state index in [4.69, 9.17) is 0 Å². The number of benzene rings is 3. The van der Waals surface area contributed by atoms with Crippen LogP contribution in [0.1, 0.15) is 22.6 Å². The average molecular weight is 425 g/mol. The molecule has 29 heavy (non-hydrogen) atoms. The summed E-state index contributed by atoms with van der Waals surface area (Å²) in [5, 5.41) is 3.56. The highest BCUT2D eigenvalue weighted by molar-refractivity contribution is 5.85. The lowest BCUT2D eigenvalue weighted by atomic mass is 9.89. The van der Waals surface area contributed by atoms with Crippen LogP contribution in [0.15, 0.2) is 96.7 Å². The number of rotatable bonds is 4. The van der Waals surface area contributed by atoms with Gasteiger partial charge in [0.25, 0.3) is 0 Å². The van der Waals surface area contributed by atoms with Gasteiger partial charge in [0.05, 0.1) is 0 Å². The molecule has 0 fully saturated rings. The molecule has 3 aromatic carbocycles. The minimum Gasteiger partial charge on any atom is -0.378 e. The lowest BCUT2D eigenvalue weighted by Gasteiger charge is -2.20. The van der Waals surface area contributed by atoms with Gasteiger partial charge < -0.3 is 10.2 Å². The Bertz CT molecular complexity index is 977. The molecule has 0 saturated carbocycles. The second-order valence-electron chi connectivity index (χ2n) is 7.04. The van der Waals surface area contributed by atoms with Gasteiger partial charge in [-0.05, 0) is 47.0 Å². The molecule has 0 aliphatic carbocycles. The van der Waals surface area contributed by atoms with Crippen molar-refractivity contribution in [3.05, 3.63) is 113 Å². The molecule has 1 unspecified atom stereocenters. The van der Waals surface area contributed by atoms with E-state index in [2.05, 4.69) is 121 Å². The molecule has 0 bridgehead atoms. The standard InChI is InChI=1S/C25H24N2.2ClH/c1-27(2)23-16-13-20(14-17-23)24(19-8-4-3-5-9-19)18-22-15-12-21-10-6-7-11-25(21)26-22;;/h3-18,24,26H,1-2H3;2*1H/b22-18+;;. The zero-order valence-corrected chi connectivity index (χ0v) is 18.2. The first-order valence-electron chi connectivity index (χ1n) is 9.29. The van der Waals surface area contributed by atoms with Gasteiger partial charge in [0.2, 0.25) is 0 Å². The maximum absolute atomic E-state index is 3.56. The smallest absolute Gasteiger partial charge is 0.0457 e. The van der Waals surface area contributed by atoms with E-state index in [1.54, 1.807) is 0 Å². The number of anilines is 2. The van der Waals surface area contributed by atoms with E-state index in [0.717, 1.165) is 11.4 Å². The van der Waals surface area contributed by atoms with E-state index in [0.29, 0.717) is 0 Å². The molecular weight excluding hydrogens is 399 g/mol. The molecule has 150 valence electrons. The Hall–Kier alpha value is -2.68. The summed E-state index contributed by atoms with van der Waals surface area (Å²) in [6, 6.07) is 27.9. The van der Waals surface area contributed by atoms with Crippen molar-refractivity contribution in [3.8, 4) is 0 Å². The number of allylic oxidation sites excluding steroid dienone is 2. The normalized spacial score (nSPS) is 14.1. The monoisotopic (exact) mass is 424 g/mol. The molecule has 1 heterocycles. The van der Waals surface area contributed by atoms with Crippen LogP contribution in [0.5, 0.6) is 0 Å². The van der Waals surface area contributed by atoms with Gasteiger partial charge in [0.15, 0.2) is 0 Å². The third-order valence-corrected chi connectivity index (χ3v) is 4.96. The summed E-state index contributed by atoms with van der Waals surface area (Å²) in [6.07, 6.45) is 6.65. The summed E-state index contributed by atoms with van der Waals surface area (Å²) in [5.74, 6) is 0.194. The summed E-state index contributed by atoms with van der Waals surface area (Å²) in [5.41, 5.74) is 7.29. The van der Waals surface area contributed by atoms with Crippen molar-refractivity contribution < 1.29 is 0 Å². The van der Waals surface area contributed by atoms with E-state index in [1.807, 2.05) is 0 Å². The Morgan fingerprint density at radius 3 is 2.03 bits per heavy atom. The maximum Gasteiger partial charge on any atom is 0.0457 e. The Morgan fingerprint density at radius 1 is 0.724 bits per heavy atom. The van der Waals surface area contributed by atoms with Crippen LogP contribution in [0.25, 0.3) is 6.08 Å². The highest BCUT2D eigenvalue weighted by Crippen LogP contribution is 2.31. The molecule has 1 aliphatic rings. The first kappa shape index (κ1) is 22.6. The third-order valence-electron chi connectivity index (χ3n) is 4.96. The van der Waals surface area contributed by atoms with Crippen LogP contribution in [-0.2, 0) is 0 Å². The minimum absolute atomic E-state index is 0. The van der Waals surface area contributed by atoms with E-state index in [-0.39, 0.29) is 30.7 Å². The number of para-hydroxylation sites is 1. The number of halogens is 2. The number of hydrogen-bond acceptors (Lipinski definition) is 2. The van der Waals surface area contributed by atoms with E-state index in [9.17, 15) is 0 Å². The maximum atomic E-state index is 3.56. The molecule has 3 aromatic rings. The zero-order valence-electron chi connectivity index (χ0n) is 16.6. The summed E-state index contributed by atoms with van der Waals surface area (Å²) in [4.78, 5) is 2.13. The zero-order chi connectivity index (χ0) is 18.6. The number of hydrogen-bond donors (Lipinski definition) is 1. The van der Waals surface area contributed by atoms with Crippen LogP contribution in [0, 0.1) is 0 Å². The van der Waals surface area contributed by atoms with Crippen molar-refractivity contribution in [2.24, 2.45) is 0 Å². The molecule has 0 spiro atoms. The second kappa shape index (κ2) is 10.2. The third kappa shape index (κ3) is 5.23. The van der Waals surface area contributed by atoms with Gasteiger partial charge >= 0.3 is 0 Å². The number of fused-ring (bicyclic) bond motifs is 1. The van der Waals surface area contributed by atoms with Crippen LogP contribution in [0.4, 0.5) is 11.4 Å². The summed E-state index contributed by atoms with van der Waals surface area (Å²) in [7, 11) is 4.14. The molecule has 0 radical (unpaired) electrons. The van der Waals surface area contributed by atoms with Crippen LogP contribution in [0.2, 0.25) is 0 Å². The molecule has 0 amide bonds. The van der Waals surface area contributed by atoms with Crippen molar-refractivity contribution in [2.45, 2.75) is 5.92 Å². The highest BCUT2D eigenvalue weighted by Gasteiger charge is 2.14. The van der Waals surface area contributed by atoms with Gasteiger partial charge in [-0.2, -0.15) is 0 Å². The van der Waals surface area contributed by atoms with Gasteiger partial charge in [0.1, 0.15) is 0 Å². The summed E-state index contributed by atoms with van der Waals surface area (Å²) in [6.45, 7) is 0. The Morgan fingerprint density at radius 2 is 1.34 bits per heavy atom. The van der Waals surface area contributed by atoms with Crippen molar-refractivity contribution >= 4 is 42.3 Å². The van der Waals surface area contributed by atoms with Gasteiger partial charge in [0, 0.05) is 37.1 Å². The van der Waals surface area contributed by atoms with E-state index in [1.165, 1.54) is 22.4 Å². The molecule has 1 atom stereocenters. The second-order valence-corrected chi connectivity index (χ2v) is 7.04. The van der Waals surface area contributed by atoms with Crippen molar-refractivity contribution in [2.75, 3.05) is 24.3 Å². The Labute approximate surface area is 185 Å². The largest absolute Gasteiger partial charge is 0.378 e. The molecule has 1 N–H and O–H groups in total. The van der Waals surface area contributed by atoms with Crippen LogP contribution in [-0.4, -0.2) is 14.1 Å². The highest BCUT2D eigenvalue weighted by atomic mass is 35.5. The van der Waals surface area contributed by atoms with Crippen LogP contribution < -0.4 is 10.2 Å². The fourth-order valence-corrected chi connectivity index (χ4v) is 3.43. The molecule has 0 aromatic heterocycles. The topological polar surface area (TPSA) is 15.3 Å². The van der Waals surface area contributed by atoms with Crippen molar-refractivity contribution in [1.29, 1.82) is 0 Å². The molecule has 1 aliphatic heterocycles. The minimum atomic E-state index is 0. The lowest BCUT2D eigenvalue weighted by molar-refractivity contribution is 1.01. The van der Waals surface area contributed by atoms with Gasteiger partial charge in [-0.15, -0.1) is 24.8 Å². The molecule has 2 nitrogen and oxygen atoms in total. The van der Waals surface area contributed by atoms with E-state index < -0.39 is 0 Å². The fraction of sp³-hybridized carbons (Fsp3) is 0.120. The summed E-state index contributed by atoms with van der Waals surface area (Å²) < 4.78 is 0. The predicted octanol–water partition coefficient (Wildman–Crippen LogP) is 6.75. The van der Waals surface area contributed by atoms with Crippen molar-refractivity contribution in [1.82, 2.24) is 0 Å². The SMILES string of the molecule is CN(C)c1ccc(C(/C=C2\C=Cc3ccccc3N2)c2ccccc2)cc1.Cl.Cl. The van der Waals surface area contributed by atoms with Crippen LogP contribution >= 0.6 is 24.8 Å². The first-order chi connectivity index (χ1) is 13.2. The lowest BCUT2D eigenvalue weighted by Crippen LogP contribution is -2.09. The van der Waals surface area contributed by atoms with Crippen molar-refractivity contribution in [3.63, 3.8) is 0 Å². The molecular formula is C25H26Cl2N2. The Balaban J connectivity index is 0.00000150. The summed E-state index contributed by atoms with van der Waals surface area (Å²) >= 11 is 0. The van der Waals surface area contributed by atoms with E-state index >= 15 is 0 Å². The Kier molecular flexibility index (Phi) is 7.95. The van der Waals surface area contributed by atoms with Gasteiger partial charge in [-0.25, -0.2) is 0 Å². The van der Waals surface area contributed by atoms with Crippen LogP contribution in [0.3, 0.4) is 0 Å². The molecule has 4 heteroatoms. The molecule has 0 saturated heterocycles. The number of nitrogens with one attached hydrogen (secondary N) is 1. The number of nitrogens with zero attached hydrogens (tertiary/aromatic N) is 1. The average Bonchev–Trinajstić information content (AvgIpc) is 2.72. The van der Waals surface area contributed by atoms with Gasteiger partial charge in [-0.1, -0.05) is 66.7 Å². The first-order valence-corrected chi connectivity index (χ1v) is 9.29. The quantitative estimate of drug-likeness (QED) is 0.497. The molecule has 4 rings (SSSR count). The predicted molar refractivity (Wildman–Crippen MR) is 131 cm³/mol. The van der Waals surface area contributed by atoms with Gasteiger partial charge in [-0.3, -0.25) is 0 Å². The fourth-order valence-electron chi connectivity index (χ4n) is 3.43.